The van der Waals surface area contributed by atoms with Crippen molar-refractivity contribution < 1.29 is 14.4 Å². The summed E-state index contributed by atoms with van der Waals surface area (Å²) in [5.74, 6) is -0.306. The molecule has 0 unspecified atom stereocenters. The van der Waals surface area contributed by atoms with Crippen LogP contribution in [0.15, 0.2) is 29.0 Å². The van der Waals surface area contributed by atoms with E-state index in [0.29, 0.717) is 37.3 Å². The third-order valence-electron chi connectivity index (χ3n) is 5.54. The number of amides is 4. The Hall–Kier alpha value is -3.29. The average molecular weight is 395 g/mol. The van der Waals surface area contributed by atoms with Gasteiger partial charge in [-0.05, 0) is 38.3 Å². The molecule has 2 saturated heterocycles. The second-order valence-corrected chi connectivity index (χ2v) is 7.46. The summed E-state index contributed by atoms with van der Waals surface area (Å²) in [6.07, 6.45) is 7.78. The molecule has 3 heterocycles. The van der Waals surface area contributed by atoms with E-state index in [4.69, 9.17) is 0 Å². The van der Waals surface area contributed by atoms with Crippen molar-refractivity contribution in [3.05, 3.63) is 51.5 Å². The van der Waals surface area contributed by atoms with E-state index >= 15 is 0 Å². The quantitative estimate of drug-likeness (QED) is 0.568. The normalized spacial score (nSPS) is 19.7. The first-order valence-corrected chi connectivity index (χ1v) is 9.90. The molecule has 29 heavy (non-hydrogen) atoms. The van der Waals surface area contributed by atoms with Gasteiger partial charge in [-0.15, -0.1) is 0 Å². The second kappa shape index (κ2) is 7.62. The van der Waals surface area contributed by atoms with E-state index in [1.807, 2.05) is 26.0 Å². The number of urea groups is 1. The molecule has 4 amide bonds. The number of nitrogens with zero attached hydrogens (tertiary/aromatic N) is 1. The predicted molar refractivity (Wildman–Crippen MR) is 109 cm³/mol. The topological polar surface area (TPSA) is 106 Å². The molecule has 8 heteroatoms. The summed E-state index contributed by atoms with van der Waals surface area (Å²) in [5.41, 5.74) is 5.30. The monoisotopic (exact) mass is 395 g/mol. The molecule has 8 nitrogen and oxygen atoms in total. The maximum Gasteiger partial charge on any atom is 0.317 e. The second-order valence-electron chi connectivity index (χ2n) is 7.46. The molecule has 3 aliphatic rings. The fraction of sp³-hybridized carbons (Fsp3) is 0.381. The third-order valence-corrected chi connectivity index (χ3v) is 5.54. The lowest BCUT2D eigenvalue weighted by Crippen LogP contribution is -2.37. The van der Waals surface area contributed by atoms with Crippen LogP contribution >= 0.6 is 0 Å². The third kappa shape index (κ3) is 3.57. The molecule has 4 N–H and O–H groups in total. The van der Waals surface area contributed by atoms with Crippen LogP contribution in [0.5, 0.6) is 0 Å². The van der Waals surface area contributed by atoms with Gasteiger partial charge in [0, 0.05) is 48.8 Å². The zero-order valence-electron chi connectivity index (χ0n) is 16.6. The van der Waals surface area contributed by atoms with E-state index < -0.39 is 0 Å². The number of carbonyl (C=O) groups is 3. The van der Waals surface area contributed by atoms with E-state index in [2.05, 4.69) is 27.0 Å². The number of carbonyl (C=O) groups excluding carboxylic acids is 3. The van der Waals surface area contributed by atoms with Gasteiger partial charge >= 0.3 is 6.03 Å². The van der Waals surface area contributed by atoms with Crippen molar-refractivity contribution in [3.8, 4) is 0 Å². The van der Waals surface area contributed by atoms with E-state index in [1.165, 1.54) is 0 Å². The fourth-order valence-electron chi connectivity index (χ4n) is 4.02. The number of fused-ring (bicyclic) bond motifs is 1. The van der Waals surface area contributed by atoms with Gasteiger partial charge in [-0.25, -0.2) is 4.79 Å². The van der Waals surface area contributed by atoms with Crippen LogP contribution in [0, 0.1) is 13.8 Å². The molecular weight excluding hydrogens is 370 g/mol. The summed E-state index contributed by atoms with van der Waals surface area (Å²) in [6.45, 7) is 5.87. The molecule has 1 aromatic heterocycles. The first-order chi connectivity index (χ1) is 14.0. The van der Waals surface area contributed by atoms with Crippen molar-refractivity contribution in [1.29, 1.82) is 0 Å². The Bertz CT molecular complexity index is 983. The van der Waals surface area contributed by atoms with Gasteiger partial charge in [0.15, 0.2) is 0 Å². The number of hydrogen-bond donors (Lipinski definition) is 4. The van der Waals surface area contributed by atoms with Gasteiger partial charge in [0.05, 0.1) is 11.1 Å². The smallest absolute Gasteiger partial charge is 0.317 e. The highest BCUT2D eigenvalue weighted by atomic mass is 16.2. The first-order valence-electron chi connectivity index (χ1n) is 9.90. The van der Waals surface area contributed by atoms with Crippen LogP contribution in [-0.2, 0) is 4.79 Å². The van der Waals surface area contributed by atoms with Crippen LogP contribution in [0.2, 0.25) is 0 Å². The standard InChI is InChI=1S/C21H25N5O3/c1-12-17(11-15-14-5-3-4-6-16(14)25-19(15)27)24-13(2)18(12)20(28)22-7-9-26-10-8-23-21(26)29/h5-6,11,24H,3-4,7-10H2,1-2H3,(H,22,28)(H,23,29)(H,25,27). The number of nitrogens with one attached hydrogen (secondary N) is 4. The molecule has 152 valence electrons. The Labute approximate surface area is 169 Å². The van der Waals surface area contributed by atoms with Gasteiger partial charge in [-0.2, -0.15) is 0 Å². The van der Waals surface area contributed by atoms with Crippen LogP contribution in [0.3, 0.4) is 0 Å². The molecule has 0 radical (unpaired) electrons. The van der Waals surface area contributed by atoms with Crippen molar-refractivity contribution in [2.45, 2.75) is 26.7 Å². The minimum atomic E-state index is -0.186. The molecule has 0 spiro atoms. The number of hydrogen-bond acceptors (Lipinski definition) is 3. The average Bonchev–Trinajstić information content (AvgIpc) is 3.32. The van der Waals surface area contributed by atoms with Crippen LogP contribution in [0.4, 0.5) is 4.79 Å². The summed E-state index contributed by atoms with van der Waals surface area (Å²) < 4.78 is 0. The van der Waals surface area contributed by atoms with Gasteiger partial charge in [0.2, 0.25) is 0 Å². The summed E-state index contributed by atoms with van der Waals surface area (Å²) >= 11 is 0. The van der Waals surface area contributed by atoms with Gasteiger partial charge < -0.3 is 25.8 Å². The molecule has 2 fully saturated rings. The Kier molecular flexibility index (Phi) is 5.00. The highest BCUT2D eigenvalue weighted by Crippen LogP contribution is 2.32. The first kappa shape index (κ1) is 19.0. The maximum absolute atomic E-state index is 12.7. The van der Waals surface area contributed by atoms with Gasteiger partial charge in [-0.3, -0.25) is 9.59 Å². The lowest BCUT2D eigenvalue weighted by atomic mass is 9.98. The molecule has 0 atom stereocenters. The predicted octanol–water partition coefficient (Wildman–Crippen LogP) is 1.50. The Balaban J connectivity index is 1.50. The minimum absolute atomic E-state index is 0.0950. The van der Waals surface area contributed by atoms with Crippen molar-refractivity contribution >= 4 is 23.9 Å². The minimum Gasteiger partial charge on any atom is -0.358 e. The van der Waals surface area contributed by atoms with Gasteiger partial charge in [0.1, 0.15) is 0 Å². The molecule has 1 aromatic rings. The Morgan fingerprint density at radius 2 is 2.03 bits per heavy atom. The molecular formula is C21H25N5O3. The number of H-pyrrole nitrogens is 1. The number of allylic oxidation sites excluding steroid dienone is 3. The highest BCUT2D eigenvalue weighted by Gasteiger charge is 2.29. The van der Waals surface area contributed by atoms with E-state index in [1.54, 1.807) is 4.90 Å². The number of aromatic amines is 1. The lowest BCUT2D eigenvalue weighted by Gasteiger charge is -2.14. The molecule has 1 aliphatic carbocycles. The molecule has 0 saturated carbocycles. The van der Waals surface area contributed by atoms with Crippen LogP contribution < -0.4 is 16.0 Å². The van der Waals surface area contributed by atoms with Crippen molar-refractivity contribution in [3.63, 3.8) is 0 Å². The summed E-state index contributed by atoms with van der Waals surface area (Å²) in [6, 6.07) is -0.0950. The Morgan fingerprint density at radius 1 is 1.24 bits per heavy atom. The van der Waals surface area contributed by atoms with Crippen molar-refractivity contribution in [2.75, 3.05) is 26.2 Å². The van der Waals surface area contributed by atoms with E-state index in [9.17, 15) is 14.4 Å². The van der Waals surface area contributed by atoms with E-state index in [-0.39, 0.29) is 17.8 Å². The van der Waals surface area contributed by atoms with Crippen LogP contribution in [0.25, 0.3) is 6.08 Å². The molecule has 0 bridgehead atoms. The van der Waals surface area contributed by atoms with E-state index in [0.717, 1.165) is 41.1 Å². The number of aromatic nitrogens is 1. The van der Waals surface area contributed by atoms with Crippen molar-refractivity contribution in [1.82, 2.24) is 25.8 Å². The van der Waals surface area contributed by atoms with Crippen LogP contribution in [-0.4, -0.2) is 53.9 Å². The lowest BCUT2D eigenvalue weighted by molar-refractivity contribution is -0.115. The molecule has 0 aromatic carbocycles. The highest BCUT2D eigenvalue weighted by molar-refractivity contribution is 6.09. The number of rotatable bonds is 5. The largest absolute Gasteiger partial charge is 0.358 e. The maximum atomic E-state index is 12.7. The summed E-state index contributed by atoms with van der Waals surface area (Å²) in [5, 5.41) is 8.53. The Morgan fingerprint density at radius 3 is 2.79 bits per heavy atom. The van der Waals surface area contributed by atoms with Gasteiger partial charge in [0.25, 0.3) is 11.8 Å². The molecule has 2 aliphatic heterocycles. The molecule has 4 rings (SSSR count). The summed E-state index contributed by atoms with van der Waals surface area (Å²) in [7, 11) is 0. The summed E-state index contributed by atoms with van der Waals surface area (Å²) in [4.78, 5) is 41.6. The zero-order chi connectivity index (χ0) is 20.5. The van der Waals surface area contributed by atoms with Crippen molar-refractivity contribution in [2.24, 2.45) is 0 Å². The van der Waals surface area contributed by atoms with Crippen LogP contribution in [0.1, 0.15) is 40.2 Å². The number of aryl methyl sites for hydroxylation is 1. The van der Waals surface area contributed by atoms with Gasteiger partial charge in [-0.1, -0.05) is 12.2 Å². The fourth-order valence-corrected chi connectivity index (χ4v) is 4.02. The SMILES string of the molecule is Cc1[nH]c(C=C2C(=O)NC3=CCCC=C32)c(C)c1C(=O)NCCN1CCNC1=O. The zero-order valence-corrected chi connectivity index (χ0v) is 16.6.